The van der Waals surface area contributed by atoms with Gasteiger partial charge in [0.25, 0.3) is 0 Å². The molecule has 0 amide bonds. The Hall–Kier alpha value is -1.81. The Morgan fingerprint density at radius 3 is 3.00 bits per heavy atom. The van der Waals surface area contributed by atoms with E-state index in [0.717, 1.165) is 17.0 Å². The first-order valence-electron chi connectivity index (χ1n) is 4.76. The standard InChI is InChI=1S/C11H13N3O/c1-13-9-4-2-3-8(5-9)10-7-14-11(6-12)15-10/h2-5,7,13H,6,12H2,1H3. The van der Waals surface area contributed by atoms with Gasteiger partial charge in [0.15, 0.2) is 5.76 Å². The number of nitrogens with zero attached hydrogens (tertiary/aromatic N) is 1. The van der Waals surface area contributed by atoms with Crippen LogP contribution in [0.25, 0.3) is 11.3 Å². The summed E-state index contributed by atoms with van der Waals surface area (Å²) in [6, 6.07) is 7.93. The smallest absolute Gasteiger partial charge is 0.208 e. The number of benzene rings is 1. The van der Waals surface area contributed by atoms with Gasteiger partial charge in [-0.25, -0.2) is 4.98 Å². The molecule has 0 fully saturated rings. The first-order chi connectivity index (χ1) is 7.33. The summed E-state index contributed by atoms with van der Waals surface area (Å²) in [6.45, 7) is 0.325. The van der Waals surface area contributed by atoms with Crippen molar-refractivity contribution in [2.75, 3.05) is 12.4 Å². The van der Waals surface area contributed by atoms with E-state index in [9.17, 15) is 0 Å². The zero-order valence-electron chi connectivity index (χ0n) is 8.53. The Bertz CT molecular complexity index is 451. The van der Waals surface area contributed by atoms with Crippen LogP contribution in [0.15, 0.2) is 34.9 Å². The Kier molecular flexibility index (Phi) is 2.69. The van der Waals surface area contributed by atoms with Crippen molar-refractivity contribution in [1.29, 1.82) is 0 Å². The van der Waals surface area contributed by atoms with Crippen LogP contribution in [0.4, 0.5) is 5.69 Å². The van der Waals surface area contributed by atoms with Crippen molar-refractivity contribution in [1.82, 2.24) is 4.98 Å². The largest absolute Gasteiger partial charge is 0.439 e. The van der Waals surface area contributed by atoms with Crippen LogP contribution in [0.5, 0.6) is 0 Å². The second kappa shape index (κ2) is 4.14. The molecule has 2 rings (SSSR count). The van der Waals surface area contributed by atoms with Crippen LogP contribution in [0.1, 0.15) is 5.89 Å². The third-order valence-corrected chi connectivity index (χ3v) is 2.16. The minimum Gasteiger partial charge on any atom is -0.439 e. The lowest BCUT2D eigenvalue weighted by atomic mass is 10.1. The molecule has 0 atom stereocenters. The molecular formula is C11H13N3O. The molecule has 0 unspecified atom stereocenters. The van der Waals surface area contributed by atoms with E-state index in [-0.39, 0.29) is 0 Å². The van der Waals surface area contributed by atoms with E-state index in [4.69, 9.17) is 10.2 Å². The molecule has 0 saturated heterocycles. The van der Waals surface area contributed by atoms with Gasteiger partial charge in [0, 0.05) is 18.3 Å². The van der Waals surface area contributed by atoms with E-state index in [0.29, 0.717) is 12.4 Å². The Labute approximate surface area is 88.1 Å². The van der Waals surface area contributed by atoms with E-state index in [1.54, 1.807) is 6.20 Å². The van der Waals surface area contributed by atoms with Gasteiger partial charge in [-0.2, -0.15) is 0 Å². The molecule has 78 valence electrons. The summed E-state index contributed by atoms with van der Waals surface area (Å²) in [5.74, 6) is 1.30. The van der Waals surface area contributed by atoms with Crippen LogP contribution in [0, 0.1) is 0 Å². The highest BCUT2D eigenvalue weighted by Gasteiger charge is 2.05. The number of rotatable bonds is 3. The summed E-state index contributed by atoms with van der Waals surface area (Å²) in [7, 11) is 1.88. The maximum Gasteiger partial charge on any atom is 0.208 e. The Morgan fingerprint density at radius 1 is 1.47 bits per heavy atom. The fraction of sp³-hybridized carbons (Fsp3) is 0.182. The molecule has 1 aromatic carbocycles. The van der Waals surface area contributed by atoms with Crippen molar-refractivity contribution in [3.63, 3.8) is 0 Å². The minimum absolute atomic E-state index is 0.325. The zero-order chi connectivity index (χ0) is 10.7. The van der Waals surface area contributed by atoms with Crippen molar-refractivity contribution in [2.45, 2.75) is 6.54 Å². The first kappa shape index (κ1) is 9.73. The SMILES string of the molecule is CNc1cccc(-c2cnc(CN)o2)c1. The van der Waals surface area contributed by atoms with E-state index in [2.05, 4.69) is 10.3 Å². The monoisotopic (exact) mass is 203 g/mol. The average Bonchev–Trinajstić information content (AvgIpc) is 2.78. The predicted octanol–water partition coefficient (Wildman–Crippen LogP) is 1.84. The van der Waals surface area contributed by atoms with Gasteiger partial charge < -0.3 is 15.5 Å². The van der Waals surface area contributed by atoms with Gasteiger partial charge in [0.05, 0.1) is 12.7 Å². The minimum atomic E-state index is 0.325. The molecular weight excluding hydrogens is 190 g/mol. The summed E-state index contributed by atoms with van der Waals surface area (Å²) in [6.07, 6.45) is 1.69. The molecule has 0 radical (unpaired) electrons. The summed E-state index contributed by atoms with van der Waals surface area (Å²) in [4.78, 5) is 4.05. The lowest BCUT2D eigenvalue weighted by Crippen LogP contribution is -1.94. The lowest BCUT2D eigenvalue weighted by molar-refractivity contribution is 0.509. The predicted molar refractivity (Wildman–Crippen MR) is 59.4 cm³/mol. The summed E-state index contributed by atoms with van der Waals surface area (Å²) in [5.41, 5.74) is 7.46. The number of aromatic nitrogens is 1. The number of hydrogen-bond acceptors (Lipinski definition) is 4. The van der Waals surface area contributed by atoms with Crippen molar-refractivity contribution in [3.8, 4) is 11.3 Å². The van der Waals surface area contributed by atoms with Gasteiger partial charge in [-0.3, -0.25) is 0 Å². The molecule has 3 N–H and O–H groups in total. The first-order valence-corrected chi connectivity index (χ1v) is 4.76. The van der Waals surface area contributed by atoms with E-state index in [1.807, 2.05) is 31.3 Å². The molecule has 0 aliphatic carbocycles. The van der Waals surface area contributed by atoms with Crippen molar-refractivity contribution < 1.29 is 4.42 Å². The Morgan fingerprint density at radius 2 is 2.33 bits per heavy atom. The quantitative estimate of drug-likeness (QED) is 0.799. The highest BCUT2D eigenvalue weighted by atomic mass is 16.4. The normalized spacial score (nSPS) is 10.3. The molecule has 0 aliphatic heterocycles. The molecule has 0 spiro atoms. The van der Waals surface area contributed by atoms with Crippen LogP contribution in [-0.4, -0.2) is 12.0 Å². The molecule has 2 aromatic rings. The fourth-order valence-electron chi connectivity index (χ4n) is 1.37. The summed E-state index contributed by atoms with van der Waals surface area (Å²) >= 11 is 0. The Balaban J connectivity index is 2.35. The van der Waals surface area contributed by atoms with Crippen molar-refractivity contribution >= 4 is 5.69 Å². The van der Waals surface area contributed by atoms with Gasteiger partial charge in [0.1, 0.15) is 0 Å². The van der Waals surface area contributed by atoms with Crippen LogP contribution in [0.2, 0.25) is 0 Å². The lowest BCUT2D eigenvalue weighted by Gasteiger charge is -2.01. The topological polar surface area (TPSA) is 64.1 Å². The van der Waals surface area contributed by atoms with E-state index < -0.39 is 0 Å². The highest BCUT2D eigenvalue weighted by Crippen LogP contribution is 2.22. The number of nitrogens with one attached hydrogen (secondary N) is 1. The summed E-state index contributed by atoms with van der Waals surface area (Å²) in [5, 5.41) is 3.07. The number of nitrogens with two attached hydrogens (primary N) is 1. The van der Waals surface area contributed by atoms with Gasteiger partial charge in [-0.1, -0.05) is 12.1 Å². The second-order valence-electron chi connectivity index (χ2n) is 3.15. The average molecular weight is 203 g/mol. The van der Waals surface area contributed by atoms with Crippen LogP contribution < -0.4 is 11.1 Å². The maximum absolute atomic E-state index is 5.45. The molecule has 0 bridgehead atoms. The van der Waals surface area contributed by atoms with Crippen molar-refractivity contribution in [2.24, 2.45) is 5.73 Å². The molecule has 15 heavy (non-hydrogen) atoms. The molecule has 0 saturated carbocycles. The third-order valence-electron chi connectivity index (χ3n) is 2.16. The van der Waals surface area contributed by atoms with E-state index in [1.165, 1.54) is 0 Å². The van der Waals surface area contributed by atoms with Gasteiger partial charge in [-0.05, 0) is 12.1 Å². The zero-order valence-corrected chi connectivity index (χ0v) is 8.53. The van der Waals surface area contributed by atoms with Crippen LogP contribution >= 0.6 is 0 Å². The van der Waals surface area contributed by atoms with Crippen molar-refractivity contribution in [3.05, 3.63) is 36.4 Å². The number of anilines is 1. The van der Waals surface area contributed by atoms with Gasteiger partial charge >= 0.3 is 0 Å². The van der Waals surface area contributed by atoms with Crippen LogP contribution in [-0.2, 0) is 6.54 Å². The van der Waals surface area contributed by atoms with Crippen LogP contribution in [0.3, 0.4) is 0 Å². The fourth-order valence-corrected chi connectivity index (χ4v) is 1.37. The highest BCUT2D eigenvalue weighted by molar-refractivity contribution is 5.63. The van der Waals surface area contributed by atoms with Gasteiger partial charge in [0.2, 0.25) is 5.89 Å². The number of oxazole rings is 1. The molecule has 0 aliphatic rings. The molecule has 4 nitrogen and oxygen atoms in total. The molecule has 1 aromatic heterocycles. The second-order valence-corrected chi connectivity index (χ2v) is 3.15. The van der Waals surface area contributed by atoms with Gasteiger partial charge in [-0.15, -0.1) is 0 Å². The summed E-state index contributed by atoms with van der Waals surface area (Å²) < 4.78 is 5.45. The maximum atomic E-state index is 5.45. The molecule has 1 heterocycles. The molecule has 4 heteroatoms. The third kappa shape index (κ3) is 1.99. The number of hydrogen-bond donors (Lipinski definition) is 2. The van der Waals surface area contributed by atoms with E-state index >= 15 is 0 Å².